The number of hydrogen-bond acceptors (Lipinski definition) is 3. The van der Waals surface area contributed by atoms with E-state index in [1.165, 1.54) is 0 Å². The zero-order chi connectivity index (χ0) is 13.5. The molecule has 0 aliphatic carbocycles. The monoisotopic (exact) mass is 259 g/mol. The molecule has 2 rings (SSSR count). The van der Waals surface area contributed by atoms with Crippen molar-refractivity contribution in [2.45, 2.75) is 12.5 Å². The van der Waals surface area contributed by atoms with Gasteiger partial charge in [-0.25, -0.2) is 0 Å². The molecular formula is C16H14LiNO2. The van der Waals surface area contributed by atoms with Gasteiger partial charge in [0.2, 0.25) is 0 Å². The Hall–Kier alpha value is -1.82. The molecule has 0 unspecified atom stereocenters. The Bertz CT molecular complexity index is 555. The van der Waals surface area contributed by atoms with Gasteiger partial charge in [-0.2, -0.15) is 0 Å². The summed E-state index contributed by atoms with van der Waals surface area (Å²) in [6, 6.07) is 18.0. The van der Waals surface area contributed by atoms with Crippen LogP contribution in [0.4, 0.5) is 0 Å². The van der Waals surface area contributed by atoms with E-state index in [-0.39, 0.29) is 18.9 Å². The molecule has 0 aliphatic rings. The van der Waals surface area contributed by atoms with Crippen molar-refractivity contribution in [3.8, 4) is 0 Å². The van der Waals surface area contributed by atoms with Crippen molar-refractivity contribution in [3.05, 3.63) is 71.8 Å². The topological polar surface area (TPSA) is 52.5 Å². The molecular weight excluding hydrogens is 245 g/mol. The van der Waals surface area contributed by atoms with Crippen molar-refractivity contribution in [3.63, 3.8) is 0 Å². The minimum absolute atomic E-state index is 0. The molecule has 0 spiro atoms. The molecule has 0 saturated carbocycles. The zero-order valence-electron chi connectivity index (χ0n) is 11.4. The summed E-state index contributed by atoms with van der Waals surface area (Å²) in [5, 5.41) is 11.1. The number of aliphatic carboxylic acids is 1. The van der Waals surface area contributed by atoms with Crippen molar-refractivity contribution >= 4 is 12.2 Å². The number of carboxylic acid groups (broad SMARTS) is 1. The standard InChI is InChI=1S/C16H15NO2.Li/c18-16(19)15(11-13-7-3-1-4-8-13)17-12-14-9-5-2-6-10-14;/h1-10,12,15H,11H2,(H,18,19);/q;+1/p-1/t15-;/m1./s1. The minimum Gasteiger partial charge on any atom is -0.548 e. The first kappa shape index (κ1) is 16.2. The largest absolute Gasteiger partial charge is 1.00 e. The molecule has 0 radical (unpaired) electrons. The van der Waals surface area contributed by atoms with Crippen molar-refractivity contribution in [1.29, 1.82) is 0 Å². The van der Waals surface area contributed by atoms with Crippen molar-refractivity contribution in [1.82, 2.24) is 0 Å². The van der Waals surface area contributed by atoms with E-state index in [4.69, 9.17) is 0 Å². The number of nitrogens with zero attached hydrogens (tertiary/aromatic N) is 1. The Morgan fingerprint density at radius 2 is 1.60 bits per heavy atom. The van der Waals surface area contributed by atoms with Gasteiger partial charge in [0.15, 0.2) is 0 Å². The smallest absolute Gasteiger partial charge is 0.548 e. The van der Waals surface area contributed by atoms with Crippen LogP contribution < -0.4 is 24.0 Å². The Morgan fingerprint density at radius 3 is 2.15 bits per heavy atom. The minimum atomic E-state index is -1.16. The molecule has 20 heavy (non-hydrogen) atoms. The molecule has 3 nitrogen and oxygen atoms in total. The second kappa shape index (κ2) is 8.37. The van der Waals surface area contributed by atoms with E-state index in [2.05, 4.69) is 4.99 Å². The second-order valence-electron chi connectivity index (χ2n) is 4.21. The maximum absolute atomic E-state index is 11.1. The maximum atomic E-state index is 11.1. The third-order valence-corrected chi connectivity index (χ3v) is 2.75. The van der Waals surface area contributed by atoms with Gasteiger partial charge in [0.25, 0.3) is 0 Å². The van der Waals surface area contributed by atoms with E-state index < -0.39 is 12.0 Å². The Kier molecular flexibility index (Phi) is 6.79. The summed E-state index contributed by atoms with van der Waals surface area (Å²) >= 11 is 0. The first-order valence-corrected chi connectivity index (χ1v) is 6.09. The molecule has 0 bridgehead atoms. The van der Waals surface area contributed by atoms with Crippen LogP contribution >= 0.6 is 0 Å². The van der Waals surface area contributed by atoms with Gasteiger partial charge in [0.05, 0.1) is 12.0 Å². The Labute approximate surface area is 130 Å². The summed E-state index contributed by atoms with van der Waals surface area (Å²) < 4.78 is 0. The fourth-order valence-electron chi connectivity index (χ4n) is 1.75. The van der Waals surface area contributed by atoms with Gasteiger partial charge in [0, 0.05) is 12.6 Å². The van der Waals surface area contributed by atoms with Crippen LogP contribution in [0, 0.1) is 0 Å². The van der Waals surface area contributed by atoms with E-state index in [9.17, 15) is 9.90 Å². The SMILES string of the molecule is O=C([O-])[C@@H](Cc1ccccc1)N=Cc1ccccc1.[Li+]. The molecule has 0 saturated heterocycles. The molecule has 1 atom stereocenters. The van der Waals surface area contributed by atoms with Crippen LogP contribution in [0.25, 0.3) is 0 Å². The van der Waals surface area contributed by atoms with Crippen molar-refractivity contribution < 1.29 is 28.8 Å². The fraction of sp³-hybridized carbons (Fsp3) is 0.125. The number of hydrogen-bond donors (Lipinski definition) is 0. The number of rotatable bonds is 5. The summed E-state index contributed by atoms with van der Waals surface area (Å²) in [6.45, 7) is 0. The van der Waals surface area contributed by atoms with Crippen LogP contribution in [0.15, 0.2) is 65.7 Å². The van der Waals surface area contributed by atoms with E-state index >= 15 is 0 Å². The third kappa shape index (κ3) is 5.05. The van der Waals surface area contributed by atoms with Gasteiger partial charge >= 0.3 is 18.9 Å². The molecule has 96 valence electrons. The third-order valence-electron chi connectivity index (χ3n) is 2.75. The van der Waals surface area contributed by atoms with Crippen molar-refractivity contribution in [2.75, 3.05) is 0 Å². The van der Waals surface area contributed by atoms with E-state index in [1.807, 2.05) is 60.7 Å². The molecule has 0 fully saturated rings. The summed E-state index contributed by atoms with van der Waals surface area (Å²) in [5.41, 5.74) is 1.81. The van der Waals surface area contributed by atoms with Crippen LogP contribution in [0.3, 0.4) is 0 Å². The van der Waals surface area contributed by atoms with Gasteiger partial charge in [-0.15, -0.1) is 0 Å². The molecule has 0 aliphatic heterocycles. The van der Waals surface area contributed by atoms with E-state index in [0.29, 0.717) is 6.42 Å². The molecule has 0 aromatic heterocycles. The van der Waals surface area contributed by atoms with Crippen LogP contribution in [0.5, 0.6) is 0 Å². The number of carboxylic acids is 1. The zero-order valence-corrected chi connectivity index (χ0v) is 11.4. The molecule has 2 aromatic rings. The molecule has 0 heterocycles. The van der Waals surface area contributed by atoms with Gasteiger partial charge in [-0.1, -0.05) is 60.7 Å². The number of aliphatic imine (C=N–C) groups is 1. The number of benzene rings is 2. The maximum Gasteiger partial charge on any atom is 1.00 e. The summed E-state index contributed by atoms with van der Waals surface area (Å²) in [7, 11) is 0. The van der Waals surface area contributed by atoms with Crippen LogP contribution in [0.2, 0.25) is 0 Å². The van der Waals surface area contributed by atoms with Crippen LogP contribution in [-0.2, 0) is 11.2 Å². The molecule has 2 aromatic carbocycles. The molecule has 0 amide bonds. The first-order chi connectivity index (χ1) is 9.25. The van der Waals surface area contributed by atoms with Gasteiger partial charge in [-0.3, -0.25) is 4.99 Å². The predicted molar refractivity (Wildman–Crippen MR) is 73.0 cm³/mol. The van der Waals surface area contributed by atoms with Crippen molar-refractivity contribution in [2.24, 2.45) is 4.99 Å². The van der Waals surface area contributed by atoms with Crippen LogP contribution in [0.1, 0.15) is 11.1 Å². The fourth-order valence-corrected chi connectivity index (χ4v) is 1.75. The summed E-state index contributed by atoms with van der Waals surface area (Å²) in [4.78, 5) is 15.2. The van der Waals surface area contributed by atoms with Gasteiger partial charge in [0.1, 0.15) is 0 Å². The Balaban J connectivity index is 0.00000200. The van der Waals surface area contributed by atoms with Gasteiger partial charge in [-0.05, 0) is 11.1 Å². The number of carbonyl (C=O) groups is 1. The normalized spacial score (nSPS) is 11.8. The predicted octanol–water partition coefficient (Wildman–Crippen LogP) is -1.53. The molecule has 0 N–H and O–H groups in total. The van der Waals surface area contributed by atoms with E-state index in [0.717, 1.165) is 11.1 Å². The van der Waals surface area contributed by atoms with Crippen LogP contribution in [-0.4, -0.2) is 18.2 Å². The Morgan fingerprint density at radius 1 is 1.05 bits per heavy atom. The average Bonchev–Trinajstić information content (AvgIpc) is 2.45. The summed E-state index contributed by atoms with van der Waals surface area (Å²) in [5.74, 6) is -1.16. The second-order valence-corrected chi connectivity index (χ2v) is 4.21. The quantitative estimate of drug-likeness (QED) is 0.483. The number of carbonyl (C=O) groups excluding carboxylic acids is 1. The molecule has 4 heteroatoms. The average molecular weight is 259 g/mol. The summed E-state index contributed by atoms with van der Waals surface area (Å²) in [6.07, 6.45) is 1.91. The van der Waals surface area contributed by atoms with Gasteiger partial charge < -0.3 is 9.90 Å². The first-order valence-electron chi connectivity index (χ1n) is 6.09. The van der Waals surface area contributed by atoms with E-state index in [1.54, 1.807) is 6.21 Å².